The lowest BCUT2D eigenvalue weighted by atomic mass is 10.1. The maximum Gasteiger partial charge on any atom is 0.307 e. The van der Waals surface area contributed by atoms with Crippen molar-refractivity contribution in [3.8, 4) is 0 Å². The number of carbonyl (C=O) groups excluding carboxylic acids is 4. The first kappa shape index (κ1) is 25.3. The molecule has 32 heavy (non-hydrogen) atoms. The molecule has 1 unspecified atom stereocenters. The second-order valence-electron chi connectivity index (χ2n) is 7.66. The number of hydrogen-bond donors (Lipinski definition) is 2. The van der Waals surface area contributed by atoms with Crippen molar-refractivity contribution in [1.29, 1.82) is 0 Å². The standard InChI is InChI=1S/C23H34N4O5/c1-4-7-14-32-21(29)15-19-22(30)24-12-13-27(19)16-20(28)25-18-10-8-17(9-11-18)23(31)26(5-2)6-3/h8-11,19H,4-7,12-16H2,1-3H3,(H,24,30)(H,25,28). The lowest BCUT2D eigenvalue weighted by molar-refractivity contribution is -0.149. The first-order chi connectivity index (χ1) is 15.4. The smallest absolute Gasteiger partial charge is 0.307 e. The van der Waals surface area contributed by atoms with Crippen LogP contribution in [0.5, 0.6) is 0 Å². The van der Waals surface area contributed by atoms with Gasteiger partial charge in [-0.2, -0.15) is 0 Å². The summed E-state index contributed by atoms with van der Waals surface area (Å²) in [6.07, 6.45) is 1.59. The van der Waals surface area contributed by atoms with Gasteiger partial charge in [-0.15, -0.1) is 0 Å². The molecule has 0 bridgehead atoms. The minimum Gasteiger partial charge on any atom is -0.466 e. The number of anilines is 1. The molecule has 9 nitrogen and oxygen atoms in total. The number of nitrogens with one attached hydrogen (secondary N) is 2. The summed E-state index contributed by atoms with van der Waals surface area (Å²) in [5.41, 5.74) is 1.11. The first-order valence-electron chi connectivity index (χ1n) is 11.3. The van der Waals surface area contributed by atoms with E-state index in [0.29, 0.717) is 44.0 Å². The predicted octanol–water partition coefficient (Wildman–Crippen LogP) is 1.64. The molecule has 0 aromatic heterocycles. The van der Waals surface area contributed by atoms with E-state index in [0.717, 1.165) is 12.8 Å². The highest BCUT2D eigenvalue weighted by Crippen LogP contribution is 2.14. The van der Waals surface area contributed by atoms with Gasteiger partial charge in [0.05, 0.1) is 19.6 Å². The predicted molar refractivity (Wildman–Crippen MR) is 121 cm³/mol. The Kier molecular flexibility index (Phi) is 10.1. The Balaban J connectivity index is 1.94. The van der Waals surface area contributed by atoms with Gasteiger partial charge >= 0.3 is 5.97 Å². The Morgan fingerprint density at radius 3 is 2.47 bits per heavy atom. The lowest BCUT2D eigenvalue weighted by Gasteiger charge is -2.33. The van der Waals surface area contributed by atoms with Crippen LogP contribution < -0.4 is 10.6 Å². The van der Waals surface area contributed by atoms with Crippen molar-refractivity contribution in [1.82, 2.24) is 15.1 Å². The number of piperazine rings is 1. The Labute approximate surface area is 189 Å². The van der Waals surface area contributed by atoms with E-state index < -0.39 is 12.0 Å². The third-order valence-corrected chi connectivity index (χ3v) is 5.38. The number of unbranched alkanes of at least 4 members (excludes halogenated alkanes) is 1. The molecule has 1 aliphatic heterocycles. The van der Waals surface area contributed by atoms with Gasteiger partial charge in [0.2, 0.25) is 11.8 Å². The molecular formula is C23H34N4O5. The van der Waals surface area contributed by atoms with Gasteiger partial charge in [0.1, 0.15) is 6.04 Å². The molecule has 1 atom stereocenters. The van der Waals surface area contributed by atoms with Gasteiger partial charge < -0.3 is 20.3 Å². The first-order valence-corrected chi connectivity index (χ1v) is 11.3. The van der Waals surface area contributed by atoms with Crippen LogP contribution in [0, 0.1) is 0 Å². The third-order valence-electron chi connectivity index (χ3n) is 5.38. The Hall–Kier alpha value is -2.94. The number of benzene rings is 1. The molecule has 176 valence electrons. The molecule has 1 saturated heterocycles. The van der Waals surface area contributed by atoms with E-state index in [9.17, 15) is 19.2 Å². The maximum atomic E-state index is 12.6. The average molecular weight is 447 g/mol. The summed E-state index contributed by atoms with van der Waals surface area (Å²) in [7, 11) is 0. The second kappa shape index (κ2) is 12.8. The lowest BCUT2D eigenvalue weighted by Crippen LogP contribution is -2.57. The molecule has 1 fully saturated rings. The van der Waals surface area contributed by atoms with Gasteiger partial charge in [0, 0.05) is 37.4 Å². The zero-order valence-corrected chi connectivity index (χ0v) is 19.2. The van der Waals surface area contributed by atoms with Gasteiger partial charge in [0.25, 0.3) is 5.91 Å². The van der Waals surface area contributed by atoms with Crippen LogP contribution in [0.3, 0.4) is 0 Å². The zero-order valence-electron chi connectivity index (χ0n) is 19.2. The fourth-order valence-electron chi connectivity index (χ4n) is 3.49. The Bertz CT molecular complexity index is 792. The molecule has 0 aliphatic carbocycles. The summed E-state index contributed by atoms with van der Waals surface area (Å²) in [6.45, 7) is 8.29. The van der Waals surface area contributed by atoms with E-state index in [1.807, 2.05) is 20.8 Å². The van der Waals surface area contributed by atoms with E-state index in [-0.39, 0.29) is 30.7 Å². The monoisotopic (exact) mass is 446 g/mol. The van der Waals surface area contributed by atoms with E-state index >= 15 is 0 Å². The van der Waals surface area contributed by atoms with Crippen LogP contribution in [-0.2, 0) is 19.1 Å². The van der Waals surface area contributed by atoms with Crippen molar-refractivity contribution in [2.75, 3.05) is 44.6 Å². The molecule has 0 radical (unpaired) electrons. The van der Waals surface area contributed by atoms with Crippen molar-refractivity contribution >= 4 is 29.4 Å². The van der Waals surface area contributed by atoms with Gasteiger partial charge in [-0.1, -0.05) is 13.3 Å². The molecule has 1 aliphatic rings. The quantitative estimate of drug-likeness (QED) is 0.395. The SMILES string of the molecule is CCCCOC(=O)CC1C(=O)NCCN1CC(=O)Nc1ccc(C(=O)N(CC)CC)cc1. The normalized spacial score (nSPS) is 16.2. The van der Waals surface area contributed by atoms with Crippen LogP contribution in [0.4, 0.5) is 5.69 Å². The number of carbonyl (C=O) groups is 4. The van der Waals surface area contributed by atoms with Crippen molar-refractivity contribution in [3.63, 3.8) is 0 Å². The molecule has 1 aromatic carbocycles. The highest BCUT2D eigenvalue weighted by atomic mass is 16.5. The third kappa shape index (κ3) is 7.33. The molecule has 1 heterocycles. The molecule has 1 aromatic rings. The van der Waals surface area contributed by atoms with Crippen LogP contribution in [0.15, 0.2) is 24.3 Å². The highest BCUT2D eigenvalue weighted by molar-refractivity contribution is 5.96. The van der Waals surface area contributed by atoms with Gasteiger partial charge in [-0.25, -0.2) is 0 Å². The van der Waals surface area contributed by atoms with E-state index in [2.05, 4.69) is 10.6 Å². The van der Waals surface area contributed by atoms with Crippen molar-refractivity contribution in [3.05, 3.63) is 29.8 Å². The number of hydrogen-bond acceptors (Lipinski definition) is 6. The molecule has 3 amide bonds. The average Bonchev–Trinajstić information content (AvgIpc) is 2.77. The highest BCUT2D eigenvalue weighted by Gasteiger charge is 2.33. The molecule has 2 rings (SSSR count). The Morgan fingerprint density at radius 1 is 1.16 bits per heavy atom. The zero-order chi connectivity index (χ0) is 23.5. The van der Waals surface area contributed by atoms with Crippen LogP contribution in [-0.4, -0.2) is 78.9 Å². The summed E-state index contributed by atoms with van der Waals surface area (Å²) in [6, 6.07) is 5.98. The van der Waals surface area contributed by atoms with Gasteiger partial charge in [0.15, 0.2) is 0 Å². The summed E-state index contributed by atoms with van der Waals surface area (Å²) < 4.78 is 5.17. The topological polar surface area (TPSA) is 108 Å². The van der Waals surface area contributed by atoms with E-state index in [4.69, 9.17) is 4.74 Å². The number of rotatable bonds is 11. The van der Waals surface area contributed by atoms with Gasteiger partial charge in [-0.3, -0.25) is 24.1 Å². The number of amides is 3. The largest absolute Gasteiger partial charge is 0.466 e. The van der Waals surface area contributed by atoms with Gasteiger partial charge in [-0.05, 0) is 44.5 Å². The van der Waals surface area contributed by atoms with Crippen LogP contribution >= 0.6 is 0 Å². The van der Waals surface area contributed by atoms with Crippen molar-refractivity contribution in [2.24, 2.45) is 0 Å². The number of esters is 1. The number of ether oxygens (including phenoxy) is 1. The summed E-state index contributed by atoms with van der Waals surface area (Å²) >= 11 is 0. The molecule has 0 spiro atoms. The maximum absolute atomic E-state index is 12.6. The number of nitrogens with zero attached hydrogens (tertiary/aromatic N) is 2. The van der Waals surface area contributed by atoms with E-state index in [1.54, 1.807) is 34.1 Å². The minimum absolute atomic E-state index is 0.0273. The van der Waals surface area contributed by atoms with E-state index in [1.165, 1.54) is 0 Å². The second-order valence-corrected chi connectivity index (χ2v) is 7.66. The molecule has 0 saturated carbocycles. The fraction of sp³-hybridized carbons (Fsp3) is 0.565. The van der Waals surface area contributed by atoms with Crippen LogP contribution in [0.25, 0.3) is 0 Å². The molecular weight excluding hydrogens is 412 g/mol. The van der Waals surface area contributed by atoms with Crippen molar-refractivity contribution in [2.45, 2.75) is 46.1 Å². The summed E-state index contributed by atoms with van der Waals surface area (Å²) in [4.78, 5) is 52.7. The minimum atomic E-state index is -0.738. The molecule has 9 heteroatoms. The fourth-order valence-corrected chi connectivity index (χ4v) is 3.49. The summed E-state index contributed by atoms with van der Waals surface area (Å²) in [5.74, 6) is -1.08. The van der Waals surface area contributed by atoms with Crippen molar-refractivity contribution < 1.29 is 23.9 Å². The summed E-state index contributed by atoms with van der Waals surface area (Å²) in [5, 5.41) is 5.53. The van der Waals surface area contributed by atoms with Crippen LogP contribution in [0.2, 0.25) is 0 Å². The Morgan fingerprint density at radius 2 is 1.84 bits per heavy atom. The van der Waals surface area contributed by atoms with Crippen LogP contribution in [0.1, 0.15) is 50.4 Å². The molecule has 2 N–H and O–H groups in total.